The second-order valence-electron chi connectivity index (χ2n) is 2.24. The van der Waals surface area contributed by atoms with Gasteiger partial charge in [0.05, 0.1) is 5.02 Å². The molecular weight excluding hydrogens is 164 g/mol. The van der Waals surface area contributed by atoms with E-state index in [9.17, 15) is 4.79 Å². The molecule has 0 aliphatic carbocycles. The lowest BCUT2D eigenvalue weighted by atomic mass is 10.4. The van der Waals surface area contributed by atoms with Crippen molar-refractivity contribution in [1.82, 2.24) is 4.57 Å². The van der Waals surface area contributed by atoms with Gasteiger partial charge in [-0.2, -0.15) is 0 Å². The molecule has 0 bridgehead atoms. The summed E-state index contributed by atoms with van der Waals surface area (Å²) in [6, 6.07) is 1.60. The fourth-order valence-corrected chi connectivity index (χ4v) is 1.11. The van der Waals surface area contributed by atoms with Crippen LogP contribution in [0.1, 0.15) is 0 Å². The van der Waals surface area contributed by atoms with Gasteiger partial charge in [-0.1, -0.05) is 11.6 Å². The maximum Gasteiger partial charge on any atom is 0.273 e. The predicted molar refractivity (Wildman–Crippen MR) is 46.2 cm³/mol. The Kier molecular flexibility index (Phi) is 2.19. The van der Waals surface area contributed by atoms with Crippen LogP contribution in [0.4, 0.5) is 5.69 Å². The maximum atomic E-state index is 11.2. The Labute approximate surface area is 69.6 Å². The van der Waals surface area contributed by atoms with Gasteiger partial charge in [-0.05, 0) is 6.07 Å². The summed E-state index contributed by atoms with van der Waals surface area (Å²) in [5, 5.41) is 3.31. The van der Waals surface area contributed by atoms with Gasteiger partial charge in [-0.3, -0.25) is 4.79 Å². The summed E-state index contributed by atoms with van der Waals surface area (Å²) in [5.74, 6) is 0. The van der Waals surface area contributed by atoms with E-state index in [1.807, 2.05) is 0 Å². The molecule has 1 heterocycles. The lowest BCUT2D eigenvalue weighted by Gasteiger charge is -2.02. The zero-order valence-electron chi connectivity index (χ0n) is 6.39. The van der Waals surface area contributed by atoms with Gasteiger partial charge in [-0.15, -0.1) is 0 Å². The predicted octanol–water partition coefficient (Wildman–Crippen LogP) is 1.08. The zero-order valence-corrected chi connectivity index (χ0v) is 7.14. The third-order valence-electron chi connectivity index (χ3n) is 1.42. The second kappa shape index (κ2) is 2.96. The number of aromatic nitrogens is 1. The summed E-state index contributed by atoms with van der Waals surface area (Å²) in [4.78, 5) is 11.2. The van der Waals surface area contributed by atoms with Crippen molar-refractivity contribution in [1.29, 1.82) is 0 Å². The second-order valence-corrected chi connectivity index (χ2v) is 2.67. The van der Waals surface area contributed by atoms with Crippen LogP contribution in [0.3, 0.4) is 0 Å². The number of pyridine rings is 1. The fourth-order valence-electron chi connectivity index (χ4n) is 0.850. The number of hydrogen-bond acceptors (Lipinski definition) is 2. The van der Waals surface area contributed by atoms with Crippen LogP contribution in [0.25, 0.3) is 0 Å². The Morgan fingerprint density at radius 1 is 1.64 bits per heavy atom. The maximum absolute atomic E-state index is 11.2. The Bertz CT molecular complexity index is 319. The molecule has 1 rings (SSSR count). The molecule has 0 fully saturated rings. The van der Waals surface area contributed by atoms with Crippen LogP contribution in [0.5, 0.6) is 0 Å². The normalized spacial score (nSPS) is 9.73. The smallest absolute Gasteiger partial charge is 0.273 e. The van der Waals surface area contributed by atoms with E-state index in [0.29, 0.717) is 10.7 Å². The van der Waals surface area contributed by atoms with Crippen LogP contribution in [0, 0.1) is 0 Å². The first kappa shape index (κ1) is 8.14. The largest absolute Gasteiger partial charge is 0.384 e. The van der Waals surface area contributed by atoms with E-state index in [2.05, 4.69) is 5.32 Å². The van der Waals surface area contributed by atoms with Crippen LogP contribution in [0.2, 0.25) is 5.02 Å². The molecule has 0 spiro atoms. The summed E-state index contributed by atoms with van der Waals surface area (Å²) in [6.07, 6.45) is 1.57. The summed E-state index contributed by atoms with van der Waals surface area (Å²) in [5.41, 5.74) is 0.442. The lowest BCUT2D eigenvalue weighted by molar-refractivity contribution is 0.862. The number of rotatable bonds is 1. The number of nitrogens with one attached hydrogen (secondary N) is 1. The first-order chi connectivity index (χ1) is 5.15. The van der Waals surface area contributed by atoms with Gasteiger partial charge in [-0.25, -0.2) is 0 Å². The minimum absolute atomic E-state index is 0.0723. The van der Waals surface area contributed by atoms with Gasteiger partial charge in [0, 0.05) is 20.3 Å². The molecule has 3 nitrogen and oxygen atoms in total. The number of aryl methyl sites for hydroxylation is 1. The molecule has 0 unspecified atom stereocenters. The van der Waals surface area contributed by atoms with Crippen molar-refractivity contribution in [3.8, 4) is 0 Å². The van der Waals surface area contributed by atoms with E-state index in [-0.39, 0.29) is 5.56 Å². The molecule has 0 amide bonds. The van der Waals surface area contributed by atoms with Crippen LogP contribution < -0.4 is 10.9 Å². The van der Waals surface area contributed by atoms with Gasteiger partial charge in [0.1, 0.15) is 5.69 Å². The van der Waals surface area contributed by atoms with Crippen molar-refractivity contribution >= 4 is 17.3 Å². The number of halogens is 1. The van der Waals surface area contributed by atoms with Gasteiger partial charge < -0.3 is 9.88 Å². The molecule has 0 radical (unpaired) electrons. The van der Waals surface area contributed by atoms with Gasteiger partial charge in [0.2, 0.25) is 0 Å². The topological polar surface area (TPSA) is 34.0 Å². The van der Waals surface area contributed by atoms with Crippen molar-refractivity contribution in [3.63, 3.8) is 0 Å². The van der Waals surface area contributed by atoms with E-state index in [1.165, 1.54) is 4.57 Å². The standard InChI is InChI=1S/C7H9ClN2O/c1-9-6-3-5(8)4-10(2)7(6)11/h3-4,9H,1-2H3. The molecule has 1 N–H and O–H groups in total. The van der Waals surface area contributed by atoms with Crippen LogP contribution >= 0.6 is 11.6 Å². The average Bonchev–Trinajstić information content (AvgIpc) is 1.96. The Hall–Kier alpha value is -0.960. The molecule has 0 aliphatic heterocycles. The van der Waals surface area contributed by atoms with E-state index in [4.69, 9.17) is 11.6 Å². The summed E-state index contributed by atoms with van der Waals surface area (Å²) >= 11 is 5.70. The van der Waals surface area contributed by atoms with Crippen molar-refractivity contribution in [2.24, 2.45) is 7.05 Å². The van der Waals surface area contributed by atoms with Crippen LogP contribution in [0.15, 0.2) is 17.1 Å². The molecule has 0 atom stereocenters. The van der Waals surface area contributed by atoms with Crippen LogP contribution in [-0.4, -0.2) is 11.6 Å². The van der Waals surface area contributed by atoms with E-state index in [0.717, 1.165) is 0 Å². The molecule has 0 aliphatic rings. The molecule has 11 heavy (non-hydrogen) atoms. The third-order valence-corrected chi connectivity index (χ3v) is 1.63. The van der Waals surface area contributed by atoms with E-state index in [1.54, 1.807) is 26.4 Å². The Balaban J connectivity index is 3.37. The first-order valence-electron chi connectivity index (χ1n) is 3.19. The minimum atomic E-state index is -0.0723. The highest BCUT2D eigenvalue weighted by Crippen LogP contribution is 2.09. The molecule has 1 aromatic heterocycles. The highest BCUT2D eigenvalue weighted by atomic mass is 35.5. The molecular formula is C7H9ClN2O. The third kappa shape index (κ3) is 1.54. The summed E-state index contributed by atoms with van der Waals surface area (Å²) in [7, 11) is 3.35. The molecule has 0 saturated heterocycles. The Morgan fingerprint density at radius 3 is 2.82 bits per heavy atom. The fraction of sp³-hybridized carbons (Fsp3) is 0.286. The lowest BCUT2D eigenvalue weighted by Crippen LogP contribution is -2.18. The SMILES string of the molecule is CNc1cc(Cl)cn(C)c1=O. The van der Waals surface area contributed by atoms with E-state index >= 15 is 0 Å². The van der Waals surface area contributed by atoms with Crippen molar-refractivity contribution < 1.29 is 0 Å². The molecule has 60 valence electrons. The molecule has 1 aromatic rings. The highest BCUT2D eigenvalue weighted by Gasteiger charge is 1.99. The van der Waals surface area contributed by atoms with Gasteiger partial charge >= 0.3 is 0 Å². The molecule has 4 heteroatoms. The van der Waals surface area contributed by atoms with E-state index < -0.39 is 0 Å². The molecule has 0 aromatic carbocycles. The molecule has 0 saturated carbocycles. The monoisotopic (exact) mass is 172 g/mol. The van der Waals surface area contributed by atoms with Crippen LogP contribution in [-0.2, 0) is 7.05 Å². The summed E-state index contributed by atoms with van der Waals surface area (Å²) < 4.78 is 1.44. The van der Waals surface area contributed by atoms with Crippen molar-refractivity contribution in [3.05, 3.63) is 27.6 Å². The van der Waals surface area contributed by atoms with Crippen molar-refractivity contribution in [2.75, 3.05) is 12.4 Å². The number of nitrogens with zero attached hydrogens (tertiary/aromatic N) is 1. The Morgan fingerprint density at radius 2 is 2.27 bits per heavy atom. The quantitative estimate of drug-likeness (QED) is 0.688. The zero-order chi connectivity index (χ0) is 8.43. The van der Waals surface area contributed by atoms with Gasteiger partial charge in [0.25, 0.3) is 5.56 Å². The van der Waals surface area contributed by atoms with Crippen molar-refractivity contribution in [2.45, 2.75) is 0 Å². The number of anilines is 1. The minimum Gasteiger partial charge on any atom is -0.384 e. The first-order valence-corrected chi connectivity index (χ1v) is 3.57. The summed E-state index contributed by atoms with van der Waals surface area (Å²) in [6.45, 7) is 0. The average molecular weight is 173 g/mol. The highest BCUT2D eigenvalue weighted by molar-refractivity contribution is 6.30. The number of hydrogen-bond donors (Lipinski definition) is 1. The van der Waals surface area contributed by atoms with Gasteiger partial charge in [0.15, 0.2) is 0 Å².